The molecule has 0 unspecified atom stereocenters. The molecular weight excluding hydrogens is 358 g/mol. The van der Waals surface area contributed by atoms with Crippen LogP contribution in [0.4, 0.5) is 0 Å². The Morgan fingerprint density at radius 3 is 2.67 bits per heavy atom. The third-order valence-corrected chi connectivity index (χ3v) is 5.23. The summed E-state index contributed by atoms with van der Waals surface area (Å²) >= 11 is 1.52. The highest BCUT2D eigenvalue weighted by atomic mass is 32.2. The number of pyridine rings is 1. The maximum atomic E-state index is 12.4. The van der Waals surface area contributed by atoms with Gasteiger partial charge in [0.05, 0.1) is 5.69 Å². The average molecular weight is 377 g/mol. The van der Waals surface area contributed by atoms with Crippen molar-refractivity contribution >= 4 is 17.4 Å². The van der Waals surface area contributed by atoms with Crippen LogP contribution in [0.3, 0.4) is 0 Å². The molecule has 3 heterocycles. The van der Waals surface area contributed by atoms with E-state index in [4.69, 9.17) is 0 Å². The van der Waals surface area contributed by atoms with Crippen LogP contribution in [0.15, 0.2) is 58.6 Å². The average Bonchev–Trinajstić information content (AvgIpc) is 3.01. The zero-order chi connectivity index (χ0) is 19.0. The van der Waals surface area contributed by atoms with E-state index in [1.54, 1.807) is 16.7 Å². The van der Waals surface area contributed by atoms with Gasteiger partial charge in [-0.1, -0.05) is 30.0 Å². The molecule has 0 spiro atoms. The molecule has 0 fully saturated rings. The number of fused-ring (bicyclic) bond motifs is 1. The van der Waals surface area contributed by atoms with Crippen LogP contribution in [0, 0.1) is 20.8 Å². The van der Waals surface area contributed by atoms with Crippen LogP contribution in [0.2, 0.25) is 0 Å². The smallest absolute Gasteiger partial charge is 0.258 e. The Labute approximate surface area is 160 Å². The Balaban J connectivity index is 1.64. The highest BCUT2D eigenvalue weighted by Crippen LogP contribution is 2.24. The minimum absolute atomic E-state index is 0.0735. The first-order valence-corrected chi connectivity index (χ1v) is 9.60. The molecule has 1 aromatic carbocycles. The van der Waals surface area contributed by atoms with Crippen molar-refractivity contribution in [3.8, 4) is 5.69 Å². The molecule has 6 nitrogen and oxygen atoms in total. The molecule has 0 atom stereocenters. The number of benzene rings is 1. The normalized spacial score (nSPS) is 11.2. The molecule has 3 aromatic heterocycles. The summed E-state index contributed by atoms with van der Waals surface area (Å²) in [6, 6.07) is 13.6. The summed E-state index contributed by atoms with van der Waals surface area (Å²) in [5, 5.41) is 9.30. The van der Waals surface area contributed by atoms with Gasteiger partial charge in [0, 0.05) is 23.7 Å². The van der Waals surface area contributed by atoms with Crippen LogP contribution in [-0.2, 0) is 5.75 Å². The second-order valence-corrected chi connectivity index (χ2v) is 7.46. The van der Waals surface area contributed by atoms with E-state index in [9.17, 15) is 4.79 Å². The molecule has 7 heteroatoms. The van der Waals surface area contributed by atoms with Gasteiger partial charge in [-0.3, -0.25) is 13.8 Å². The van der Waals surface area contributed by atoms with E-state index in [1.165, 1.54) is 17.3 Å². The fraction of sp³-hybridized carbons (Fsp3) is 0.200. The molecule has 4 rings (SSSR count). The SMILES string of the molecule is Cc1cccc(-n2c(C)nnc2SCc2cc(=O)n3cc(C)ccc3n2)c1. The summed E-state index contributed by atoms with van der Waals surface area (Å²) in [6.45, 7) is 5.95. The number of aryl methyl sites for hydroxylation is 3. The van der Waals surface area contributed by atoms with Crippen molar-refractivity contribution in [3.63, 3.8) is 0 Å². The molecule has 0 aliphatic heterocycles. The van der Waals surface area contributed by atoms with Gasteiger partial charge in [0.2, 0.25) is 0 Å². The Hall–Kier alpha value is -2.93. The van der Waals surface area contributed by atoms with Gasteiger partial charge in [-0.05, 0) is 50.1 Å². The maximum Gasteiger partial charge on any atom is 0.258 e. The Bertz CT molecular complexity index is 1190. The molecule has 4 aromatic rings. The summed E-state index contributed by atoms with van der Waals surface area (Å²) < 4.78 is 3.60. The van der Waals surface area contributed by atoms with Crippen LogP contribution >= 0.6 is 11.8 Å². The van der Waals surface area contributed by atoms with Crippen LogP contribution < -0.4 is 5.56 Å². The van der Waals surface area contributed by atoms with Crippen molar-refractivity contribution in [1.82, 2.24) is 24.1 Å². The number of aromatic nitrogens is 5. The minimum Gasteiger partial charge on any atom is -0.274 e. The van der Waals surface area contributed by atoms with Crippen molar-refractivity contribution in [2.24, 2.45) is 0 Å². The van der Waals surface area contributed by atoms with Gasteiger partial charge in [0.1, 0.15) is 11.5 Å². The maximum absolute atomic E-state index is 12.4. The zero-order valence-electron chi connectivity index (χ0n) is 15.4. The fourth-order valence-corrected chi connectivity index (χ4v) is 3.86. The summed E-state index contributed by atoms with van der Waals surface area (Å²) in [7, 11) is 0. The zero-order valence-corrected chi connectivity index (χ0v) is 16.2. The van der Waals surface area contributed by atoms with Crippen molar-refractivity contribution in [2.45, 2.75) is 31.7 Å². The van der Waals surface area contributed by atoms with Gasteiger partial charge in [0.25, 0.3) is 5.56 Å². The van der Waals surface area contributed by atoms with Crippen molar-refractivity contribution < 1.29 is 0 Å². The van der Waals surface area contributed by atoms with Crippen LogP contribution in [0.1, 0.15) is 22.6 Å². The summed E-state index contributed by atoms with van der Waals surface area (Å²) in [5.74, 6) is 1.37. The fourth-order valence-electron chi connectivity index (χ4n) is 2.97. The van der Waals surface area contributed by atoms with Crippen LogP contribution in [-0.4, -0.2) is 24.1 Å². The molecule has 27 heavy (non-hydrogen) atoms. The van der Waals surface area contributed by atoms with Gasteiger partial charge in [0.15, 0.2) is 5.16 Å². The highest BCUT2D eigenvalue weighted by Gasteiger charge is 2.13. The first-order valence-electron chi connectivity index (χ1n) is 8.62. The predicted molar refractivity (Wildman–Crippen MR) is 107 cm³/mol. The van der Waals surface area contributed by atoms with Crippen LogP contribution in [0.25, 0.3) is 11.3 Å². The monoisotopic (exact) mass is 377 g/mol. The van der Waals surface area contributed by atoms with Crippen molar-refractivity contribution in [1.29, 1.82) is 0 Å². The lowest BCUT2D eigenvalue weighted by atomic mass is 10.2. The molecule has 0 aliphatic carbocycles. The third-order valence-electron chi connectivity index (χ3n) is 4.26. The number of hydrogen-bond acceptors (Lipinski definition) is 5. The third kappa shape index (κ3) is 3.50. The second-order valence-electron chi connectivity index (χ2n) is 6.51. The number of nitrogens with zero attached hydrogens (tertiary/aromatic N) is 5. The van der Waals surface area contributed by atoms with E-state index in [0.29, 0.717) is 11.4 Å². The number of hydrogen-bond donors (Lipinski definition) is 0. The van der Waals surface area contributed by atoms with Gasteiger partial charge >= 0.3 is 0 Å². The minimum atomic E-state index is -0.0735. The van der Waals surface area contributed by atoms with E-state index in [2.05, 4.69) is 34.2 Å². The topological polar surface area (TPSA) is 65.1 Å². The lowest BCUT2D eigenvalue weighted by molar-refractivity contribution is 0.866. The van der Waals surface area contributed by atoms with Crippen molar-refractivity contribution in [3.05, 3.63) is 81.7 Å². The Kier molecular flexibility index (Phi) is 4.53. The molecule has 0 N–H and O–H groups in total. The summed E-state index contributed by atoms with van der Waals surface area (Å²) in [4.78, 5) is 17.0. The molecule has 0 saturated heterocycles. The first-order chi connectivity index (χ1) is 13.0. The second kappa shape index (κ2) is 7.00. The van der Waals surface area contributed by atoms with Gasteiger partial charge < -0.3 is 0 Å². The molecule has 0 saturated carbocycles. The molecule has 0 bridgehead atoms. The predicted octanol–water partition coefficient (Wildman–Crippen LogP) is 3.49. The van der Waals surface area contributed by atoms with E-state index in [1.807, 2.05) is 42.7 Å². The quantitative estimate of drug-likeness (QED) is 0.509. The Morgan fingerprint density at radius 1 is 1.00 bits per heavy atom. The first kappa shape index (κ1) is 17.5. The standard InChI is InChI=1S/C20H19N5OS/c1-13-5-4-6-17(9-13)25-15(3)22-23-20(25)27-12-16-10-19(26)24-11-14(2)7-8-18(24)21-16/h4-11H,12H2,1-3H3. The number of thioether (sulfide) groups is 1. The Morgan fingerprint density at radius 2 is 1.85 bits per heavy atom. The summed E-state index contributed by atoms with van der Waals surface area (Å²) in [5.41, 5.74) is 4.54. The molecule has 0 amide bonds. The van der Waals surface area contributed by atoms with E-state index in [0.717, 1.165) is 27.9 Å². The van der Waals surface area contributed by atoms with Gasteiger partial charge in [-0.15, -0.1) is 10.2 Å². The lowest BCUT2D eigenvalue weighted by Gasteiger charge is -2.09. The molecule has 0 aliphatic rings. The molecule has 0 radical (unpaired) electrons. The van der Waals surface area contributed by atoms with Gasteiger partial charge in [-0.2, -0.15) is 0 Å². The number of rotatable bonds is 4. The van der Waals surface area contributed by atoms with Crippen LogP contribution in [0.5, 0.6) is 0 Å². The largest absolute Gasteiger partial charge is 0.274 e. The summed E-state index contributed by atoms with van der Waals surface area (Å²) in [6.07, 6.45) is 1.80. The van der Waals surface area contributed by atoms with E-state index in [-0.39, 0.29) is 5.56 Å². The van der Waals surface area contributed by atoms with E-state index >= 15 is 0 Å². The van der Waals surface area contributed by atoms with E-state index < -0.39 is 0 Å². The molecule has 136 valence electrons. The van der Waals surface area contributed by atoms with Gasteiger partial charge in [-0.25, -0.2) is 4.98 Å². The lowest BCUT2D eigenvalue weighted by Crippen LogP contribution is -2.15. The highest BCUT2D eigenvalue weighted by molar-refractivity contribution is 7.98. The molecular formula is C20H19N5OS. The van der Waals surface area contributed by atoms with Crippen molar-refractivity contribution in [2.75, 3.05) is 0 Å².